The van der Waals surface area contributed by atoms with Crippen LogP contribution in [0.5, 0.6) is 0 Å². The van der Waals surface area contributed by atoms with Gasteiger partial charge in [-0.3, -0.25) is 0 Å². The van der Waals surface area contributed by atoms with Gasteiger partial charge in [0.2, 0.25) is 0 Å². The van der Waals surface area contributed by atoms with Gasteiger partial charge >= 0.3 is 0 Å². The molecule has 0 bridgehead atoms. The van der Waals surface area contributed by atoms with E-state index in [0.717, 1.165) is 33.1 Å². The van der Waals surface area contributed by atoms with Gasteiger partial charge in [-0.1, -0.05) is 34.5 Å². The fraction of sp³-hybridized carbons (Fsp3) is 0.286. The molecule has 0 saturated heterocycles. The summed E-state index contributed by atoms with van der Waals surface area (Å²) >= 11 is 9.64. The van der Waals surface area contributed by atoms with Gasteiger partial charge in [0, 0.05) is 9.50 Å². The lowest BCUT2D eigenvalue weighted by atomic mass is 10.0. The second kappa shape index (κ2) is 5.91. The van der Waals surface area contributed by atoms with Gasteiger partial charge in [-0.2, -0.15) is 0 Å². The molecule has 1 aromatic carbocycles. The highest BCUT2D eigenvalue weighted by atomic mass is 79.9. The summed E-state index contributed by atoms with van der Waals surface area (Å²) in [5, 5.41) is 4.14. The minimum atomic E-state index is 0.0109. The highest BCUT2D eigenvalue weighted by Gasteiger charge is 2.19. The second-order valence-electron chi connectivity index (χ2n) is 4.10. The maximum Gasteiger partial charge on any atom is 0.125 e. The first kappa shape index (κ1) is 13.7. The Kier molecular flexibility index (Phi) is 4.49. The molecule has 0 aliphatic carbocycles. The summed E-state index contributed by atoms with van der Waals surface area (Å²) in [4.78, 5) is 0. The fourth-order valence-electron chi connectivity index (χ4n) is 1.91. The summed E-state index contributed by atoms with van der Waals surface area (Å²) in [5.74, 6) is 1.81. The van der Waals surface area contributed by atoms with Crippen LogP contribution in [0.3, 0.4) is 0 Å². The first-order chi connectivity index (χ1) is 8.61. The summed E-state index contributed by atoms with van der Waals surface area (Å²) in [7, 11) is 0. The normalized spacial score (nSPS) is 12.7. The van der Waals surface area contributed by atoms with E-state index in [1.807, 2.05) is 37.3 Å². The lowest BCUT2D eigenvalue weighted by Gasteiger charge is -2.18. The molecule has 0 spiro atoms. The molecule has 0 radical (unpaired) electrons. The van der Waals surface area contributed by atoms with Gasteiger partial charge in [-0.15, -0.1) is 0 Å². The molecule has 18 heavy (non-hydrogen) atoms. The van der Waals surface area contributed by atoms with E-state index in [1.54, 1.807) is 0 Å². The molecule has 0 saturated carbocycles. The van der Waals surface area contributed by atoms with Crippen LogP contribution in [0.2, 0.25) is 5.02 Å². The highest BCUT2D eigenvalue weighted by molar-refractivity contribution is 9.10. The SMILES string of the molecule is CCNC(c1ccc(C)o1)c1cc(Cl)ccc1Br. The zero-order chi connectivity index (χ0) is 13.1. The average Bonchev–Trinajstić information content (AvgIpc) is 2.76. The van der Waals surface area contributed by atoms with Crippen molar-refractivity contribution in [3.63, 3.8) is 0 Å². The van der Waals surface area contributed by atoms with Gasteiger partial charge in [-0.25, -0.2) is 0 Å². The van der Waals surface area contributed by atoms with E-state index in [2.05, 4.69) is 28.2 Å². The Morgan fingerprint density at radius 1 is 1.33 bits per heavy atom. The second-order valence-corrected chi connectivity index (χ2v) is 5.40. The fourth-order valence-corrected chi connectivity index (χ4v) is 2.57. The van der Waals surface area contributed by atoms with Crippen LogP contribution in [-0.4, -0.2) is 6.54 Å². The van der Waals surface area contributed by atoms with Crippen molar-refractivity contribution in [1.82, 2.24) is 5.32 Å². The first-order valence-electron chi connectivity index (χ1n) is 5.86. The van der Waals surface area contributed by atoms with E-state index in [4.69, 9.17) is 16.0 Å². The number of nitrogens with one attached hydrogen (secondary N) is 1. The molecular formula is C14H15BrClNO. The van der Waals surface area contributed by atoms with E-state index in [-0.39, 0.29) is 6.04 Å². The topological polar surface area (TPSA) is 25.2 Å². The monoisotopic (exact) mass is 327 g/mol. The summed E-state index contributed by atoms with van der Waals surface area (Å²) in [6.45, 7) is 4.87. The minimum absolute atomic E-state index is 0.0109. The molecule has 0 aliphatic rings. The Morgan fingerprint density at radius 3 is 2.72 bits per heavy atom. The van der Waals surface area contributed by atoms with Crippen molar-refractivity contribution in [2.24, 2.45) is 0 Å². The van der Waals surface area contributed by atoms with Crippen LogP contribution in [0.15, 0.2) is 39.2 Å². The van der Waals surface area contributed by atoms with Crippen LogP contribution >= 0.6 is 27.5 Å². The van der Waals surface area contributed by atoms with Crippen molar-refractivity contribution in [3.05, 3.63) is 56.9 Å². The smallest absolute Gasteiger partial charge is 0.125 e. The summed E-state index contributed by atoms with van der Waals surface area (Å²) in [6, 6.07) is 9.76. The van der Waals surface area contributed by atoms with E-state index >= 15 is 0 Å². The Morgan fingerprint density at radius 2 is 2.11 bits per heavy atom. The van der Waals surface area contributed by atoms with Crippen LogP contribution in [0.25, 0.3) is 0 Å². The lowest BCUT2D eigenvalue weighted by molar-refractivity contribution is 0.434. The standard InChI is InChI=1S/C14H15BrClNO/c1-3-17-14(13-7-4-9(2)18-13)11-8-10(16)5-6-12(11)15/h4-8,14,17H,3H2,1-2H3. The lowest BCUT2D eigenvalue weighted by Crippen LogP contribution is -2.21. The average molecular weight is 329 g/mol. The molecule has 2 rings (SSSR count). The van der Waals surface area contributed by atoms with Crippen molar-refractivity contribution in [2.45, 2.75) is 19.9 Å². The van der Waals surface area contributed by atoms with Crippen LogP contribution < -0.4 is 5.32 Å². The van der Waals surface area contributed by atoms with Crippen molar-refractivity contribution in [2.75, 3.05) is 6.54 Å². The quantitative estimate of drug-likeness (QED) is 0.880. The number of hydrogen-bond donors (Lipinski definition) is 1. The Hall–Kier alpha value is -0.770. The maximum absolute atomic E-state index is 6.07. The third kappa shape index (κ3) is 2.97. The van der Waals surface area contributed by atoms with Crippen LogP contribution in [0.4, 0.5) is 0 Å². The van der Waals surface area contributed by atoms with Crippen LogP contribution in [0, 0.1) is 6.92 Å². The first-order valence-corrected chi connectivity index (χ1v) is 7.03. The predicted octanol–water partition coefficient (Wildman–Crippen LogP) is 4.70. The molecular weight excluding hydrogens is 314 g/mol. The van der Waals surface area contributed by atoms with E-state index in [0.29, 0.717) is 0 Å². The highest BCUT2D eigenvalue weighted by Crippen LogP contribution is 2.31. The van der Waals surface area contributed by atoms with E-state index in [9.17, 15) is 0 Å². The van der Waals surface area contributed by atoms with Gasteiger partial charge in [0.05, 0.1) is 6.04 Å². The molecule has 0 fully saturated rings. The third-order valence-electron chi connectivity index (χ3n) is 2.72. The van der Waals surface area contributed by atoms with Crippen LogP contribution in [0.1, 0.15) is 30.0 Å². The molecule has 1 atom stereocenters. The van der Waals surface area contributed by atoms with Crippen molar-refractivity contribution in [1.29, 1.82) is 0 Å². The molecule has 2 nitrogen and oxygen atoms in total. The molecule has 4 heteroatoms. The summed E-state index contributed by atoms with van der Waals surface area (Å²) in [5.41, 5.74) is 1.08. The molecule has 96 valence electrons. The zero-order valence-electron chi connectivity index (χ0n) is 10.3. The molecule has 0 aliphatic heterocycles. The maximum atomic E-state index is 6.07. The predicted molar refractivity (Wildman–Crippen MR) is 78.1 cm³/mol. The number of hydrogen-bond acceptors (Lipinski definition) is 2. The number of aryl methyl sites for hydroxylation is 1. The van der Waals surface area contributed by atoms with Crippen molar-refractivity contribution in [3.8, 4) is 0 Å². The number of halogens is 2. The van der Waals surface area contributed by atoms with Gasteiger partial charge in [0.15, 0.2) is 0 Å². The van der Waals surface area contributed by atoms with E-state index < -0.39 is 0 Å². The Balaban J connectivity index is 2.44. The Bertz CT molecular complexity index is 538. The van der Waals surface area contributed by atoms with Gasteiger partial charge in [0.25, 0.3) is 0 Å². The Labute approximate surface area is 120 Å². The molecule has 1 unspecified atom stereocenters. The van der Waals surface area contributed by atoms with Crippen molar-refractivity contribution >= 4 is 27.5 Å². The molecule has 1 heterocycles. The minimum Gasteiger partial charge on any atom is -0.464 e. The molecule has 2 aromatic rings. The largest absolute Gasteiger partial charge is 0.464 e. The zero-order valence-corrected chi connectivity index (χ0v) is 12.7. The van der Waals surface area contributed by atoms with Gasteiger partial charge < -0.3 is 9.73 Å². The molecule has 0 amide bonds. The third-order valence-corrected chi connectivity index (χ3v) is 3.68. The molecule has 1 aromatic heterocycles. The van der Waals surface area contributed by atoms with E-state index in [1.165, 1.54) is 0 Å². The van der Waals surface area contributed by atoms with Gasteiger partial charge in [-0.05, 0) is 49.4 Å². The summed E-state index contributed by atoms with van der Waals surface area (Å²) < 4.78 is 6.74. The molecule has 1 N–H and O–H groups in total. The van der Waals surface area contributed by atoms with Gasteiger partial charge in [0.1, 0.15) is 11.5 Å². The number of rotatable bonds is 4. The van der Waals surface area contributed by atoms with Crippen LogP contribution in [-0.2, 0) is 0 Å². The number of benzene rings is 1. The van der Waals surface area contributed by atoms with Crippen molar-refractivity contribution < 1.29 is 4.42 Å². The number of furan rings is 1. The summed E-state index contributed by atoms with van der Waals surface area (Å²) in [6.07, 6.45) is 0.